The van der Waals surface area contributed by atoms with E-state index in [0.717, 1.165) is 17.9 Å². The molecule has 1 fully saturated rings. The van der Waals surface area contributed by atoms with Gasteiger partial charge in [0, 0.05) is 12.1 Å². The van der Waals surface area contributed by atoms with Gasteiger partial charge in [-0.25, -0.2) is 0 Å². The molecular weight excluding hydrogens is 244 g/mol. The van der Waals surface area contributed by atoms with Gasteiger partial charge in [0.15, 0.2) is 0 Å². The summed E-state index contributed by atoms with van der Waals surface area (Å²) in [6, 6.07) is 1.47. The number of likely N-dealkylation sites (N-methyl/N-ethyl adjacent to an activating group) is 1. The van der Waals surface area contributed by atoms with Gasteiger partial charge < -0.3 is 5.32 Å². The fourth-order valence-corrected chi connectivity index (χ4v) is 3.69. The van der Waals surface area contributed by atoms with Crippen molar-refractivity contribution in [1.29, 1.82) is 0 Å². The van der Waals surface area contributed by atoms with Crippen molar-refractivity contribution in [3.8, 4) is 0 Å². The maximum Gasteiger partial charge on any atom is 0.0251 e. The highest BCUT2D eigenvalue weighted by molar-refractivity contribution is 4.91. The van der Waals surface area contributed by atoms with E-state index < -0.39 is 0 Å². The third-order valence-electron chi connectivity index (χ3n) is 5.24. The highest BCUT2D eigenvalue weighted by Gasteiger charge is 2.34. The lowest BCUT2D eigenvalue weighted by Crippen LogP contribution is -2.53. The summed E-state index contributed by atoms with van der Waals surface area (Å²) in [5, 5.41) is 3.61. The largest absolute Gasteiger partial charge is 0.315 e. The van der Waals surface area contributed by atoms with E-state index in [4.69, 9.17) is 0 Å². The Bertz CT molecular complexity index is 232. The number of nitrogens with zero attached hydrogens (tertiary/aromatic N) is 1. The van der Waals surface area contributed by atoms with Crippen LogP contribution in [-0.2, 0) is 0 Å². The summed E-state index contributed by atoms with van der Waals surface area (Å²) in [5.74, 6) is 1.77. The monoisotopic (exact) mass is 282 g/mol. The van der Waals surface area contributed by atoms with Crippen LogP contribution in [0.1, 0.15) is 72.6 Å². The SMILES string of the molecule is CCCCN(CCCC)C1CC(C(C)C)CCC1NC. The summed E-state index contributed by atoms with van der Waals surface area (Å²) in [6.45, 7) is 12.0. The van der Waals surface area contributed by atoms with E-state index in [1.54, 1.807) is 0 Å². The molecule has 1 aliphatic rings. The minimum absolute atomic E-state index is 0.707. The molecule has 0 radical (unpaired) electrons. The Morgan fingerprint density at radius 2 is 1.65 bits per heavy atom. The van der Waals surface area contributed by atoms with E-state index in [1.165, 1.54) is 58.0 Å². The normalized spacial score (nSPS) is 27.4. The molecule has 20 heavy (non-hydrogen) atoms. The van der Waals surface area contributed by atoms with Crippen LogP contribution in [0.2, 0.25) is 0 Å². The van der Waals surface area contributed by atoms with E-state index in [0.29, 0.717) is 6.04 Å². The van der Waals surface area contributed by atoms with E-state index in [2.05, 4.69) is 45.0 Å². The standard InChI is InChI=1S/C18H38N2/c1-6-8-12-20(13-9-7-2)18-14-16(15(3)4)10-11-17(18)19-5/h15-19H,6-14H2,1-5H3. The van der Waals surface area contributed by atoms with Gasteiger partial charge >= 0.3 is 0 Å². The van der Waals surface area contributed by atoms with Gasteiger partial charge in [0.1, 0.15) is 0 Å². The molecule has 2 nitrogen and oxygen atoms in total. The fraction of sp³-hybridized carbons (Fsp3) is 1.00. The Balaban J connectivity index is 2.69. The average molecular weight is 283 g/mol. The van der Waals surface area contributed by atoms with Crippen molar-refractivity contribution in [2.24, 2.45) is 11.8 Å². The lowest BCUT2D eigenvalue weighted by atomic mass is 9.76. The van der Waals surface area contributed by atoms with Crippen molar-refractivity contribution in [2.75, 3.05) is 20.1 Å². The summed E-state index contributed by atoms with van der Waals surface area (Å²) in [6.07, 6.45) is 9.50. The van der Waals surface area contributed by atoms with Crippen LogP contribution in [0.4, 0.5) is 0 Å². The number of rotatable bonds is 9. The van der Waals surface area contributed by atoms with Gasteiger partial charge in [-0.2, -0.15) is 0 Å². The van der Waals surface area contributed by atoms with Crippen LogP contribution in [-0.4, -0.2) is 37.1 Å². The Kier molecular flexibility index (Phi) is 8.79. The van der Waals surface area contributed by atoms with Crippen LogP contribution in [0.5, 0.6) is 0 Å². The smallest absolute Gasteiger partial charge is 0.0251 e. The van der Waals surface area contributed by atoms with E-state index in [-0.39, 0.29) is 0 Å². The van der Waals surface area contributed by atoms with Crippen LogP contribution in [0.15, 0.2) is 0 Å². The molecule has 0 bridgehead atoms. The van der Waals surface area contributed by atoms with Crippen molar-refractivity contribution >= 4 is 0 Å². The first-order valence-electron chi connectivity index (χ1n) is 9.05. The Hall–Kier alpha value is -0.0800. The van der Waals surface area contributed by atoms with Crippen molar-refractivity contribution in [1.82, 2.24) is 10.2 Å². The van der Waals surface area contributed by atoms with Crippen molar-refractivity contribution in [2.45, 2.75) is 84.7 Å². The zero-order chi connectivity index (χ0) is 15.0. The highest BCUT2D eigenvalue weighted by atomic mass is 15.2. The topological polar surface area (TPSA) is 15.3 Å². The molecule has 0 spiro atoms. The lowest BCUT2D eigenvalue weighted by molar-refractivity contribution is 0.0830. The minimum Gasteiger partial charge on any atom is -0.315 e. The fourth-order valence-electron chi connectivity index (χ4n) is 3.69. The summed E-state index contributed by atoms with van der Waals surface area (Å²) < 4.78 is 0. The Morgan fingerprint density at radius 3 is 2.10 bits per heavy atom. The van der Waals surface area contributed by atoms with Crippen molar-refractivity contribution < 1.29 is 0 Å². The van der Waals surface area contributed by atoms with Crippen LogP contribution < -0.4 is 5.32 Å². The molecule has 1 aliphatic carbocycles. The first kappa shape index (κ1) is 18.0. The Labute approximate surface area is 127 Å². The predicted molar refractivity (Wildman–Crippen MR) is 90.2 cm³/mol. The molecule has 0 saturated heterocycles. The maximum atomic E-state index is 3.61. The third-order valence-corrected chi connectivity index (χ3v) is 5.24. The molecule has 1 rings (SSSR count). The summed E-state index contributed by atoms with van der Waals surface area (Å²) in [5.41, 5.74) is 0. The van der Waals surface area contributed by atoms with Crippen LogP contribution >= 0.6 is 0 Å². The van der Waals surface area contributed by atoms with Gasteiger partial charge in [-0.3, -0.25) is 4.90 Å². The van der Waals surface area contributed by atoms with Gasteiger partial charge in [0.25, 0.3) is 0 Å². The molecule has 3 unspecified atom stereocenters. The van der Waals surface area contributed by atoms with Crippen LogP contribution in [0.25, 0.3) is 0 Å². The van der Waals surface area contributed by atoms with Crippen LogP contribution in [0, 0.1) is 11.8 Å². The zero-order valence-electron chi connectivity index (χ0n) is 14.6. The molecule has 0 aromatic carbocycles. The van der Waals surface area contributed by atoms with E-state index >= 15 is 0 Å². The summed E-state index contributed by atoms with van der Waals surface area (Å²) in [4.78, 5) is 2.81. The Morgan fingerprint density at radius 1 is 1.05 bits per heavy atom. The van der Waals surface area contributed by atoms with Crippen LogP contribution in [0.3, 0.4) is 0 Å². The molecule has 0 amide bonds. The predicted octanol–water partition coefficient (Wildman–Crippen LogP) is 4.30. The van der Waals surface area contributed by atoms with Gasteiger partial charge in [0.2, 0.25) is 0 Å². The first-order valence-corrected chi connectivity index (χ1v) is 9.05. The third kappa shape index (κ3) is 5.37. The first-order chi connectivity index (χ1) is 9.63. The molecule has 1 N–H and O–H groups in total. The number of hydrogen-bond donors (Lipinski definition) is 1. The number of nitrogens with one attached hydrogen (secondary N) is 1. The van der Waals surface area contributed by atoms with E-state index in [9.17, 15) is 0 Å². The van der Waals surface area contributed by atoms with Gasteiger partial charge in [0.05, 0.1) is 0 Å². The minimum atomic E-state index is 0.707. The molecule has 1 saturated carbocycles. The van der Waals surface area contributed by atoms with Gasteiger partial charge in [-0.15, -0.1) is 0 Å². The van der Waals surface area contributed by atoms with Gasteiger partial charge in [-0.1, -0.05) is 40.5 Å². The molecule has 0 heterocycles. The summed E-state index contributed by atoms with van der Waals surface area (Å²) in [7, 11) is 2.16. The lowest BCUT2D eigenvalue weighted by Gasteiger charge is -2.44. The molecule has 3 atom stereocenters. The van der Waals surface area contributed by atoms with Gasteiger partial charge in [-0.05, 0) is 64.1 Å². The molecule has 120 valence electrons. The number of hydrogen-bond acceptors (Lipinski definition) is 2. The van der Waals surface area contributed by atoms with E-state index in [1.807, 2.05) is 0 Å². The zero-order valence-corrected chi connectivity index (χ0v) is 14.6. The highest BCUT2D eigenvalue weighted by Crippen LogP contribution is 2.33. The second-order valence-corrected chi connectivity index (χ2v) is 7.02. The van der Waals surface area contributed by atoms with Crippen molar-refractivity contribution in [3.05, 3.63) is 0 Å². The second-order valence-electron chi connectivity index (χ2n) is 7.02. The molecule has 2 heteroatoms. The average Bonchev–Trinajstić information content (AvgIpc) is 2.46. The summed E-state index contributed by atoms with van der Waals surface area (Å²) >= 11 is 0. The number of unbranched alkanes of at least 4 members (excludes halogenated alkanes) is 2. The van der Waals surface area contributed by atoms with Crippen molar-refractivity contribution in [3.63, 3.8) is 0 Å². The molecule has 0 aromatic heterocycles. The second kappa shape index (κ2) is 9.78. The molecule has 0 aliphatic heterocycles. The molecular formula is C18H38N2. The molecule has 0 aromatic rings. The quantitative estimate of drug-likeness (QED) is 0.678. The maximum absolute atomic E-state index is 3.61.